The number of H-pyrrole nitrogens is 1. The third-order valence-electron chi connectivity index (χ3n) is 3.40. The third-order valence-corrected chi connectivity index (χ3v) is 5.39. The Morgan fingerprint density at radius 1 is 1.12 bits per heavy atom. The van der Waals surface area contributed by atoms with E-state index in [1.807, 2.05) is 0 Å². The van der Waals surface area contributed by atoms with Crippen molar-refractivity contribution in [2.45, 2.75) is 25.7 Å². The second-order valence-electron chi connectivity index (χ2n) is 5.11. The molecule has 0 aliphatic carbocycles. The number of aromatic amines is 1. The predicted octanol–water partition coefficient (Wildman–Crippen LogP) is 5.09. The van der Waals surface area contributed by atoms with Gasteiger partial charge in [0.1, 0.15) is 0 Å². The van der Waals surface area contributed by atoms with Crippen LogP contribution in [0, 0.1) is 13.8 Å². The van der Waals surface area contributed by atoms with E-state index < -0.39 is 5.97 Å². The first-order valence-corrected chi connectivity index (χ1v) is 9.07. The van der Waals surface area contributed by atoms with E-state index in [-0.39, 0.29) is 18.1 Å². The number of Topliss-reactive ketones (excluding diaryl/α,β-unsaturated/α-hetero) is 1. The highest BCUT2D eigenvalue weighted by atomic mass is 35.5. The van der Waals surface area contributed by atoms with Gasteiger partial charge in [-0.1, -0.05) is 29.3 Å². The summed E-state index contributed by atoms with van der Waals surface area (Å²) in [6, 6.07) is 5.18. The van der Waals surface area contributed by atoms with E-state index in [2.05, 4.69) is 4.98 Å². The molecule has 0 aliphatic rings. The zero-order valence-corrected chi connectivity index (χ0v) is 15.9. The van der Waals surface area contributed by atoms with E-state index >= 15 is 0 Å². The summed E-state index contributed by atoms with van der Waals surface area (Å²) in [5.41, 5.74) is 1.92. The average Bonchev–Trinajstić information content (AvgIpc) is 2.81. The van der Waals surface area contributed by atoms with Crippen LogP contribution < -0.4 is 0 Å². The number of carbonyl (C=O) groups is 2. The Kier molecular flexibility index (Phi) is 6.38. The van der Waals surface area contributed by atoms with Crippen molar-refractivity contribution in [3.05, 3.63) is 50.8 Å². The number of benzene rings is 1. The Morgan fingerprint density at radius 3 is 2.29 bits per heavy atom. The van der Waals surface area contributed by atoms with Crippen LogP contribution in [0.5, 0.6) is 0 Å². The maximum atomic E-state index is 12.7. The van der Waals surface area contributed by atoms with Crippen LogP contribution in [0.1, 0.15) is 39.0 Å². The maximum absolute atomic E-state index is 12.7. The Labute approximate surface area is 154 Å². The second kappa shape index (κ2) is 8.10. The molecule has 0 saturated carbocycles. The Bertz CT molecular complexity index is 766. The lowest BCUT2D eigenvalue weighted by molar-refractivity contribution is 0.0522. The number of ketones is 1. The summed E-state index contributed by atoms with van der Waals surface area (Å²) >= 11 is 13.5. The molecule has 0 atom stereocenters. The molecular weight excluding hydrogens is 369 g/mol. The number of carbonyl (C=O) groups excluding carboxylic acids is 2. The number of aromatic nitrogens is 1. The standard InChI is InChI=1S/C17H17Cl2NO3S/c1-4-23-17(22)15-10(3)20-9(2)14(15)13(21)8-24-16-11(18)6-5-7-12(16)19/h5-7,20H,4,8H2,1-3H3. The van der Waals surface area contributed by atoms with Gasteiger partial charge < -0.3 is 9.72 Å². The van der Waals surface area contributed by atoms with Crippen LogP contribution in [-0.4, -0.2) is 29.1 Å². The van der Waals surface area contributed by atoms with Crippen LogP contribution in [-0.2, 0) is 4.74 Å². The van der Waals surface area contributed by atoms with Crippen LogP contribution in [0.3, 0.4) is 0 Å². The van der Waals surface area contributed by atoms with Gasteiger partial charge in [0.05, 0.1) is 33.5 Å². The smallest absolute Gasteiger partial charge is 0.340 e. The maximum Gasteiger partial charge on any atom is 0.340 e. The summed E-state index contributed by atoms with van der Waals surface area (Å²) in [4.78, 5) is 28.5. The highest BCUT2D eigenvalue weighted by Gasteiger charge is 2.25. The largest absolute Gasteiger partial charge is 0.462 e. The molecular formula is C17H17Cl2NO3S. The molecule has 1 N–H and O–H groups in total. The lowest BCUT2D eigenvalue weighted by Gasteiger charge is -2.08. The number of aryl methyl sites for hydroxylation is 2. The number of hydrogen-bond donors (Lipinski definition) is 1. The van der Waals surface area contributed by atoms with Gasteiger partial charge in [0.2, 0.25) is 0 Å². The fourth-order valence-corrected chi connectivity index (χ4v) is 3.97. The van der Waals surface area contributed by atoms with E-state index in [9.17, 15) is 9.59 Å². The van der Waals surface area contributed by atoms with Crippen molar-refractivity contribution in [2.24, 2.45) is 0 Å². The van der Waals surface area contributed by atoms with Gasteiger partial charge in [-0.2, -0.15) is 0 Å². The quantitative estimate of drug-likeness (QED) is 0.427. The Balaban J connectivity index is 2.26. The number of rotatable bonds is 6. The number of ether oxygens (including phenoxy) is 1. The molecule has 0 aliphatic heterocycles. The third kappa shape index (κ3) is 3.97. The fourth-order valence-electron chi connectivity index (χ4n) is 2.42. The van der Waals surface area contributed by atoms with Crippen LogP contribution in [0.15, 0.2) is 23.1 Å². The van der Waals surface area contributed by atoms with Gasteiger partial charge in [-0.05, 0) is 32.9 Å². The molecule has 1 aromatic heterocycles. The number of thioether (sulfide) groups is 1. The fraction of sp³-hybridized carbons (Fsp3) is 0.294. The Hall–Kier alpha value is -1.43. The van der Waals surface area contributed by atoms with Crippen molar-refractivity contribution in [1.82, 2.24) is 4.98 Å². The van der Waals surface area contributed by atoms with Crippen molar-refractivity contribution in [3.8, 4) is 0 Å². The zero-order valence-electron chi connectivity index (χ0n) is 13.5. The summed E-state index contributed by atoms with van der Waals surface area (Å²) in [6.07, 6.45) is 0. The molecule has 4 nitrogen and oxygen atoms in total. The SMILES string of the molecule is CCOC(=O)c1c(C)[nH]c(C)c1C(=O)CSc1c(Cl)cccc1Cl. The normalized spacial score (nSPS) is 10.7. The van der Waals surface area contributed by atoms with Crippen molar-refractivity contribution in [1.29, 1.82) is 0 Å². The van der Waals surface area contributed by atoms with Gasteiger partial charge in [0.15, 0.2) is 5.78 Å². The first-order chi connectivity index (χ1) is 11.4. The molecule has 2 rings (SSSR count). The van der Waals surface area contributed by atoms with Crippen LogP contribution in [0.25, 0.3) is 0 Å². The molecule has 0 spiro atoms. The molecule has 1 heterocycles. The predicted molar refractivity (Wildman–Crippen MR) is 97.7 cm³/mol. The lowest BCUT2D eigenvalue weighted by atomic mass is 10.1. The van der Waals surface area contributed by atoms with Crippen LogP contribution in [0.2, 0.25) is 10.0 Å². The van der Waals surface area contributed by atoms with Gasteiger partial charge >= 0.3 is 5.97 Å². The van der Waals surface area contributed by atoms with Crippen LogP contribution >= 0.6 is 35.0 Å². The average molecular weight is 386 g/mol. The van der Waals surface area contributed by atoms with E-state index in [0.29, 0.717) is 37.5 Å². The highest BCUT2D eigenvalue weighted by Crippen LogP contribution is 2.34. The van der Waals surface area contributed by atoms with E-state index in [4.69, 9.17) is 27.9 Å². The zero-order chi connectivity index (χ0) is 17.9. The molecule has 0 saturated heterocycles. The molecule has 0 radical (unpaired) electrons. The van der Waals surface area contributed by atoms with Crippen molar-refractivity contribution < 1.29 is 14.3 Å². The van der Waals surface area contributed by atoms with Gasteiger partial charge in [-0.3, -0.25) is 4.79 Å². The minimum atomic E-state index is -0.497. The highest BCUT2D eigenvalue weighted by molar-refractivity contribution is 8.00. The summed E-state index contributed by atoms with van der Waals surface area (Å²) < 4.78 is 5.05. The molecule has 0 unspecified atom stereocenters. The number of halogens is 2. The number of nitrogens with one attached hydrogen (secondary N) is 1. The summed E-state index contributed by atoms with van der Waals surface area (Å²) in [5.74, 6) is -0.557. The summed E-state index contributed by atoms with van der Waals surface area (Å²) in [7, 11) is 0. The summed E-state index contributed by atoms with van der Waals surface area (Å²) in [6.45, 7) is 5.48. The van der Waals surface area contributed by atoms with Gasteiger partial charge in [-0.25, -0.2) is 4.79 Å². The monoisotopic (exact) mass is 385 g/mol. The molecule has 128 valence electrons. The molecule has 2 aromatic rings. The van der Waals surface area contributed by atoms with E-state index in [1.54, 1.807) is 39.0 Å². The minimum Gasteiger partial charge on any atom is -0.462 e. The molecule has 0 amide bonds. The first kappa shape index (κ1) is 18.9. The van der Waals surface area contributed by atoms with Crippen molar-refractivity contribution in [2.75, 3.05) is 12.4 Å². The first-order valence-electron chi connectivity index (χ1n) is 7.33. The van der Waals surface area contributed by atoms with E-state index in [0.717, 1.165) is 0 Å². The number of esters is 1. The molecule has 0 bridgehead atoms. The summed E-state index contributed by atoms with van der Waals surface area (Å²) in [5, 5.41) is 0.987. The molecule has 7 heteroatoms. The molecule has 0 fully saturated rings. The van der Waals surface area contributed by atoms with Gasteiger partial charge in [0, 0.05) is 16.3 Å². The second-order valence-corrected chi connectivity index (χ2v) is 6.91. The number of hydrogen-bond acceptors (Lipinski definition) is 4. The van der Waals surface area contributed by atoms with Gasteiger partial charge in [0.25, 0.3) is 0 Å². The van der Waals surface area contributed by atoms with Crippen LogP contribution in [0.4, 0.5) is 0 Å². The minimum absolute atomic E-state index is 0.119. The topological polar surface area (TPSA) is 59.2 Å². The van der Waals surface area contributed by atoms with E-state index in [1.165, 1.54) is 11.8 Å². The lowest BCUT2D eigenvalue weighted by Crippen LogP contribution is -2.13. The van der Waals surface area contributed by atoms with Crippen molar-refractivity contribution >= 4 is 46.7 Å². The Morgan fingerprint density at radius 2 is 1.71 bits per heavy atom. The molecule has 24 heavy (non-hydrogen) atoms. The van der Waals surface area contributed by atoms with Crippen molar-refractivity contribution in [3.63, 3.8) is 0 Å². The molecule has 1 aromatic carbocycles. The van der Waals surface area contributed by atoms with Gasteiger partial charge in [-0.15, -0.1) is 11.8 Å².